The van der Waals surface area contributed by atoms with Crippen LogP contribution < -0.4 is 11.1 Å². The van der Waals surface area contributed by atoms with Gasteiger partial charge in [-0.2, -0.15) is 0 Å². The van der Waals surface area contributed by atoms with Crippen LogP contribution in [0.3, 0.4) is 0 Å². The van der Waals surface area contributed by atoms with E-state index >= 15 is 0 Å². The van der Waals surface area contributed by atoms with Crippen LogP contribution in [0.4, 0.5) is 0 Å². The van der Waals surface area contributed by atoms with Gasteiger partial charge in [0.05, 0.1) is 11.8 Å². The van der Waals surface area contributed by atoms with E-state index in [2.05, 4.69) is 5.32 Å². The summed E-state index contributed by atoms with van der Waals surface area (Å²) >= 11 is 1.44. The Morgan fingerprint density at radius 2 is 2.00 bits per heavy atom. The molecule has 5 heteroatoms. The highest BCUT2D eigenvalue weighted by Gasteiger charge is 2.14. The van der Waals surface area contributed by atoms with Crippen molar-refractivity contribution in [3.8, 4) is 0 Å². The lowest BCUT2D eigenvalue weighted by atomic mass is 10.4. The average Bonchev–Trinajstić information content (AvgIpc) is 2.27. The van der Waals surface area contributed by atoms with Crippen LogP contribution in [0.1, 0.15) is 6.92 Å². The zero-order valence-electron chi connectivity index (χ0n) is 8.97. The summed E-state index contributed by atoms with van der Waals surface area (Å²) in [6, 6.07) is 9.61. The van der Waals surface area contributed by atoms with Crippen molar-refractivity contribution in [2.75, 3.05) is 6.54 Å². The Kier molecular flexibility index (Phi) is 4.85. The van der Waals surface area contributed by atoms with Gasteiger partial charge in [0.25, 0.3) is 0 Å². The minimum atomic E-state index is -0.537. The van der Waals surface area contributed by atoms with Gasteiger partial charge >= 0.3 is 0 Å². The highest BCUT2D eigenvalue weighted by Crippen LogP contribution is 2.22. The van der Waals surface area contributed by atoms with E-state index < -0.39 is 5.91 Å². The van der Waals surface area contributed by atoms with Gasteiger partial charge in [0, 0.05) is 4.90 Å². The molecule has 0 heterocycles. The number of hydrogen-bond donors (Lipinski definition) is 2. The molecular formula is C11H14N2O2S. The van der Waals surface area contributed by atoms with Gasteiger partial charge in [-0.15, -0.1) is 11.8 Å². The van der Waals surface area contributed by atoms with E-state index in [9.17, 15) is 9.59 Å². The first-order valence-corrected chi connectivity index (χ1v) is 5.75. The number of carbonyl (C=O) groups excluding carboxylic acids is 2. The summed E-state index contributed by atoms with van der Waals surface area (Å²) in [7, 11) is 0. The molecule has 16 heavy (non-hydrogen) atoms. The largest absolute Gasteiger partial charge is 0.368 e. The molecule has 1 rings (SSSR count). The predicted octanol–water partition coefficient (Wildman–Crippen LogP) is 0.769. The number of thioether (sulfide) groups is 1. The van der Waals surface area contributed by atoms with E-state index in [4.69, 9.17) is 5.73 Å². The maximum absolute atomic E-state index is 11.5. The van der Waals surface area contributed by atoms with Crippen LogP contribution in [0.5, 0.6) is 0 Å². The highest BCUT2D eigenvalue weighted by molar-refractivity contribution is 8.00. The van der Waals surface area contributed by atoms with Crippen LogP contribution in [-0.4, -0.2) is 23.6 Å². The molecule has 0 fully saturated rings. The Labute approximate surface area is 98.6 Å². The summed E-state index contributed by atoms with van der Waals surface area (Å²) < 4.78 is 0. The number of amides is 2. The monoisotopic (exact) mass is 238 g/mol. The average molecular weight is 238 g/mol. The Morgan fingerprint density at radius 3 is 2.56 bits per heavy atom. The molecule has 0 radical (unpaired) electrons. The minimum absolute atomic E-state index is 0.113. The molecule has 2 amide bonds. The Hall–Kier alpha value is -1.49. The highest BCUT2D eigenvalue weighted by atomic mass is 32.2. The maximum atomic E-state index is 11.5. The van der Waals surface area contributed by atoms with Gasteiger partial charge in [-0.1, -0.05) is 18.2 Å². The van der Waals surface area contributed by atoms with E-state index in [1.807, 2.05) is 30.3 Å². The second kappa shape index (κ2) is 6.17. The van der Waals surface area contributed by atoms with Crippen LogP contribution in [0.2, 0.25) is 0 Å². The molecule has 1 aromatic carbocycles. The fourth-order valence-corrected chi connectivity index (χ4v) is 1.99. The summed E-state index contributed by atoms with van der Waals surface area (Å²) in [5.41, 5.74) is 4.93. The van der Waals surface area contributed by atoms with Crippen LogP contribution in [0.15, 0.2) is 35.2 Å². The molecule has 1 aromatic rings. The smallest absolute Gasteiger partial charge is 0.236 e. The number of nitrogens with two attached hydrogens (primary N) is 1. The second-order valence-corrected chi connectivity index (χ2v) is 4.67. The molecule has 0 unspecified atom stereocenters. The first-order valence-electron chi connectivity index (χ1n) is 4.87. The molecule has 1 atom stereocenters. The summed E-state index contributed by atoms with van der Waals surface area (Å²) in [5.74, 6) is -0.724. The summed E-state index contributed by atoms with van der Waals surface area (Å²) in [6.45, 7) is 1.67. The van der Waals surface area contributed by atoms with Gasteiger partial charge in [0.2, 0.25) is 11.8 Å². The molecule has 0 aliphatic rings. The van der Waals surface area contributed by atoms with Crippen molar-refractivity contribution in [2.24, 2.45) is 5.73 Å². The fourth-order valence-electron chi connectivity index (χ4n) is 1.07. The Bertz CT molecular complexity index is 368. The van der Waals surface area contributed by atoms with E-state index in [1.54, 1.807) is 6.92 Å². The summed E-state index contributed by atoms with van der Waals surface area (Å²) in [4.78, 5) is 23.0. The topological polar surface area (TPSA) is 72.2 Å². The lowest BCUT2D eigenvalue weighted by Crippen LogP contribution is -2.37. The molecule has 0 spiro atoms. The van der Waals surface area contributed by atoms with Crippen LogP contribution in [0.25, 0.3) is 0 Å². The van der Waals surface area contributed by atoms with Crippen molar-refractivity contribution in [1.29, 1.82) is 0 Å². The third kappa shape index (κ3) is 4.35. The molecule has 3 N–H and O–H groups in total. The van der Waals surface area contributed by atoms with Crippen molar-refractivity contribution in [3.63, 3.8) is 0 Å². The third-order valence-electron chi connectivity index (χ3n) is 1.86. The van der Waals surface area contributed by atoms with Crippen molar-refractivity contribution in [1.82, 2.24) is 5.32 Å². The normalized spacial score (nSPS) is 11.8. The number of primary amides is 1. The number of hydrogen-bond acceptors (Lipinski definition) is 3. The SMILES string of the molecule is C[C@@H](Sc1ccccc1)C(=O)NCC(N)=O. The zero-order chi connectivity index (χ0) is 12.0. The van der Waals surface area contributed by atoms with Gasteiger partial charge in [0.15, 0.2) is 0 Å². The standard InChI is InChI=1S/C11H14N2O2S/c1-8(11(15)13-7-10(12)14)16-9-5-3-2-4-6-9/h2-6,8H,7H2,1H3,(H2,12,14)(H,13,15)/t8-/m1/s1. The Morgan fingerprint density at radius 1 is 1.38 bits per heavy atom. The molecular weight excluding hydrogens is 224 g/mol. The van der Waals surface area contributed by atoms with Crippen LogP contribution >= 0.6 is 11.8 Å². The first-order chi connectivity index (χ1) is 7.59. The second-order valence-electron chi connectivity index (χ2n) is 3.26. The van der Waals surface area contributed by atoms with E-state index in [0.717, 1.165) is 4.90 Å². The van der Waals surface area contributed by atoms with Gasteiger partial charge < -0.3 is 11.1 Å². The van der Waals surface area contributed by atoms with Crippen molar-refractivity contribution >= 4 is 23.6 Å². The third-order valence-corrected chi connectivity index (χ3v) is 2.97. The molecule has 0 saturated carbocycles. The fraction of sp³-hybridized carbons (Fsp3) is 0.273. The quantitative estimate of drug-likeness (QED) is 0.744. The van der Waals surface area contributed by atoms with E-state index in [1.165, 1.54) is 11.8 Å². The summed E-state index contributed by atoms with van der Waals surface area (Å²) in [6.07, 6.45) is 0. The molecule has 0 saturated heterocycles. The molecule has 4 nitrogen and oxygen atoms in total. The van der Waals surface area contributed by atoms with E-state index in [0.29, 0.717) is 0 Å². The van der Waals surface area contributed by atoms with Crippen molar-refractivity contribution in [2.45, 2.75) is 17.1 Å². The van der Waals surface area contributed by atoms with Crippen LogP contribution in [0, 0.1) is 0 Å². The van der Waals surface area contributed by atoms with Crippen molar-refractivity contribution < 1.29 is 9.59 Å². The lowest BCUT2D eigenvalue weighted by Gasteiger charge is -2.10. The molecule has 86 valence electrons. The molecule has 0 aliphatic carbocycles. The maximum Gasteiger partial charge on any atom is 0.236 e. The van der Waals surface area contributed by atoms with Gasteiger partial charge in [0.1, 0.15) is 0 Å². The molecule has 0 aliphatic heterocycles. The van der Waals surface area contributed by atoms with E-state index in [-0.39, 0.29) is 17.7 Å². The number of benzene rings is 1. The molecule has 0 bridgehead atoms. The number of rotatable bonds is 5. The Balaban J connectivity index is 2.43. The predicted molar refractivity (Wildman–Crippen MR) is 64.0 cm³/mol. The van der Waals surface area contributed by atoms with Gasteiger partial charge in [-0.3, -0.25) is 9.59 Å². The first kappa shape index (κ1) is 12.6. The minimum Gasteiger partial charge on any atom is -0.368 e. The summed E-state index contributed by atoms with van der Waals surface area (Å²) in [5, 5.41) is 2.22. The van der Waals surface area contributed by atoms with Crippen molar-refractivity contribution in [3.05, 3.63) is 30.3 Å². The molecule has 0 aromatic heterocycles. The number of carbonyl (C=O) groups is 2. The van der Waals surface area contributed by atoms with Crippen LogP contribution in [-0.2, 0) is 9.59 Å². The number of nitrogens with one attached hydrogen (secondary N) is 1. The lowest BCUT2D eigenvalue weighted by molar-refractivity contribution is -0.124. The van der Waals surface area contributed by atoms with Gasteiger partial charge in [-0.25, -0.2) is 0 Å². The zero-order valence-corrected chi connectivity index (χ0v) is 9.79. The van der Waals surface area contributed by atoms with Gasteiger partial charge in [-0.05, 0) is 19.1 Å².